The van der Waals surface area contributed by atoms with Gasteiger partial charge < -0.3 is 0 Å². The van der Waals surface area contributed by atoms with Gasteiger partial charge >= 0.3 is 0 Å². The molecule has 26 heavy (non-hydrogen) atoms. The van der Waals surface area contributed by atoms with E-state index in [4.69, 9.17) is 9.98 Å². The zero-order valence-corrected chi connectivity index (χ0v) is 17.1. The van der Waals surface area contributed by atoms with E-state index >= 15 is 0 Å². The van der Waals surface area contributed by atoms with Gasteiger partial charge in [-0.15, -0.1) is 0 Å². The number of Topliss-reactive ketones (excluding diaryl/α,β-unsaturated/α-hetero) is 2. The second kappa shape index (κ2) is 5.70. The van der Waals surface area contributed by atoms with E-state index in [1.807, 2.05) is 0 Å². The molecule has 0 atom stereocenters. The maximum Gasteiger partial charge on any atom is 0.174 e. The Morgan fingerprint density at radius 1 is 0.692 bits per heavy atom. The number of hydrogen-bond donors (Lipinski definition) is 0. The van der Waals surface area contributed by atoms with Crippen molar-refractivity contribution in [2.75, 3.05) is 0 Å². The predicted octanol–water partition coefficient (Wildman–Crippen LogP) is 4.72. The molecule has 3 rings (SSSR count). The molecule has 0 saturated carbocycles. The van der Waals surface area contributed by atoms with Crippen LogP contribution in [0.1, 0.15) is 77.6 Å². The van der Waals surface area contributed by atoms with E-state index in [0.717, 1.165) is 33.6 Å². The molecule has 2 aliphatic rings. The lowest BCUT2D eigenvalue weighted by atomic mass is 9.74. The third kappa shape index (κ3) is 2.85. The zero-order chi connectivity index (χ0) is 19.6. The highest BCUT2D eigenvalue weighted by Gasteiger charge is 2.39. The van der Waals surface area contributed by atoms with Crippen LogP contribution < -0.4 is 0 Å². The number of carbonyl (C=O) groups is 2. The summed E-state index contributed by atoms with van der Waals surface area (Å²) in [4.78, 5) is 33.6. The molecule has 2 aliphatic heterocycles. The van der Waals surface area contributed by atoms with E-state index in [1.165, 1.54) is 0 Å². The maximum atomic E-state index is 12.0. The van der Waals surface area contributed by atoms with Gasteiger partial charge in [0.2, 0.25) is 0 Å². The van der Waals surface area contributed by atoms with Crippen LogP contribution in [0.5, 0.6) is 0 Å². The van der Waals surface area contributed by atoms with Crippen molar-refractivity contribution in [3.8, 4) is 0 Å². The van der Waals surface area contributed by atoms with Crippen molar-refractivity contribution in [3.63, 3.8) is 0 Å². The van der Waals surface area contributed by atoms with Crippen molar-refractivity contribution in [1.82, 2.24) is 0 Å². The van der Waals surface area contributed by atoms with Crippen LogP contribution in [0, 0.1) is 0 Å². The van der Waals surface area contributed by atoms with Gasteiger partial charge in [-0.3, -0.25) is 9.59 Å². The van der Waals surface area contributed by atoms with Gasteiger partial charge in [0.1, 0.15) is 0 Å². The molecule has 4 heteroatoms. The summed E-state index contributed by atoms with van der Waals surface area (Å²) in [5.74, 6) is 0.0445. The fourth-order valence-electron chi connectivity index (χ4n) is 4.12. The smallest absolute Gasteiger partial charge is 0.174 e. The second-order valence-electron chi connectivity index (χ2n) is 9.49. The molecule has 0 unspecified atom stereocenters. The molecule has 0 radical (unpaired) electrons. The van der Waals surface area contributed by atoms with E-state index < -0.39 is 0 Å². The molecule has 0 amide bonds. The van der Waals surface area contributed by atoms with Gasteiger partial charge in [0, 0.05) is 26.7 Å². The molecule has 1 aromatic rings. The van der Waals surface area contributed by atoms with Crippen LogP contribution in [0.25, 0.3) is 0 Å². The van der Waals surface area contributed by atoms with E-state index in [-0.39, 0.29) is 22.4 Å². The molecule has 1 aromatic carbocycles. The quantitative estimate of drug-likeness (QED) is 0.773. The lowest BCUT2D eigenvalue weighted by molar-refractivity contribution is -0.111. The first kappa shape index (κ1) is 18.7. The average Bonchev–Trinajstić information content (AvgIpc) is 3.04. The van der Waals surface area contributed by atoms with Crippen LogP contribution in [0.4, 0.5) is 11.4 Å². The Labute approximate surface area is 155 Å². The summed E-state index contributed by atoms with van der Waals surface area (Å²) in [6, 6.07) is 0. The number of hydrogen-bond acceptors (Lipinski definition) is 4. The summed E-state index contributed by atoms with van der Waals surface area (Å²) in [6.45, 7) is 16.1. The largest absolute Gasteiger partial charge is 0.293 e. The average molecular weight is 352 g/mol. The molecule has 0 bridgehead atoms. The molecule has 0 fully saturated rings. The van der Waals surface area contributed by atoms with Gasteiger partial charge in [-0.2, -0.15) is 0 Å². The Kier molecular flexibility index (Phi) is 4.10. The first-order chi connectivity index (χ1) is 11.8. The third-order valence-corrected chi connectivity index (χ3v) is 5.14. The van der Waals surface area contributed by atoms with Crippen LogP contribution in [0.3, 0.4) is 0 Å². The van der Waals surface area contributed by atoms with Gasteiger partial charge in [-0.25, -0.2) is 9.98 Å². The summed E-state index contributed by atoms with van der Waals surface area (Å²) in [5.41, 5.74) is 7.30. The molecular formula is C22H28N2O2. The minimum absolute atomic E-state index is 0.0222. The number of fused-ring (bicyclic) bond motifs is 2. The van der Waals surface area contributed by atoms with Crippen LogP contribution in [0.2, 0.25) is 0 Å². The van der Waals surface area contributed by atoms with Gasteiger partial charge in [-0.1, -0.05) is 41.5 Å². The van der Waals surface area contributed by atoms with Crippen molar-refractivity contribution in [2.24, 2.45) is 9.98 Å². The fourth-order valence-corrected chi connectivity index (χ4v) is 4.12. The minimum atomic E-state index is -0.151. The zero-order valence-electron chi connectivity index (χ0n) is 17.1. The number of benzene rings is 1. The Bertz CT molecular complexity index is 828. The molecule has 2 heterocycles. The number of ketones is 2. The normalized spacial score (nSPS) is 16.2. The van der Waals surface area contributed by atoms with Crippen molar-refractivity contribution in [2.45, 2.75) is 79.1 Å². The third-order valence-electron chi connectivity index (χ3n) is 5.14. The summed E-state index contributed by atoms with van der Waals surface area (Å²) < 4.78 is 0. The van der Waals surface area contributed by atoms with Crippen molar-refractivity contribution in [1.29, 1.82) is 0 Å². The molecule has 4 nitrogen and oxygen atoms in total. The maximum absolute atomic E-state index is 12.0. The van der Waals surface area contributed by atoms with E-state index in [9.17, 15) is 9.59 Å². The van der Waals surface area contributed by atoms with Gasteiger partial charge in [-0.05, 0) is 33.1 Å². The molecule has 0 aliphatic carbocycles. The van der Waals surface area contributed by atoms with E-state index in [2.05, 4.69) is 41.5 Å². The molecule has 0 saturated heterocycles. The fraction of sp³-hybridized carbons (Fsp3) is 0.545. The number of rotatable bonds is 2. The first-order valence-corrected chi connectivity index (χ1v) is 9.22. The number of aliphatic imine (C=N–C) groups is 2. The van der Waals surface area contributed by atoms with Crippen molar-refractivity contribution < 1.29 is 9.59 Å². The van der Waals surface area contributed by atoms with E-state index in [1.54, 1.807) is 13.8 Å². The van der Waals surface area contributed by atoms with Gasteiger partial charge in [0.15, 0.2) is 11.6 Å². The Balaban J connectivity index is 2.42. The first-order valence-electron chi connectivity index (χ1n) is 9.22. The molecule has 0 N–H and O–H groups in total. The van der Waals surface area contributed by atoms with Crippen LogP contribution >= 0.6 is 0 Å². The van der Waals surface area contributed by atoms with Crippen LogP contribution in [-0.2, 0) is 33.3 Å². The van der Waals surface area contributed by atoms with Gasteiger partial charge in [0.25, 0.3) is 0 Å². The highest BCUT2D eigenvalue weighted by atomic mass is 16.1. The lowest BCUT2D eigenvalue weighted by Crippen LogP contribution is -2.20. The Morgan fingerprint density at radius 2 is 1.00 bits per heavy atom. The second-order valence-corrected chi connectivity index (χ2v) is 9.49. The summed E-state index contributed by atoms with van der Waals surface area (Å²) in [6.07, 6.45) is 1.11. The number of carbonyl (C=O) groups excluding carboxylic acids is 2. The summed E-state index contributed by atoms with van der Waals surface area (Å²) in [7, 11) is 0. The van der Waals surface area contributed by atoms with Crippen molar-refractivity contribution in [3.05, 3.63) is 22.3 Å². The lowest BCUT2D eigenvalue weighted by Gasteiger charge is -2.31. The highest BCUT2D eigenvalue weighted by Crippen LogP contribution is 2.52. The van der Waals surface area contributed by atoms with Crippen LogP contribution in [-0.4, -0.2) is 23.0 Å². The van der Waals surface area contributed by atoms with Crippen molar-refractivity contribution >= 4 is 34.4 Å². The molecule has 0 aromatic heterocycles. The Morgan fingerprint density at radius 3 is 1.23 bits per heavy atom. The van der Waals surface area contributed by atoms with Gasteiger partial charge in [0.05, 0.1) is 22.8 Å². The summed E-state index contributed by atoms with van der Waals surface area (Å²) in [5, 5.41) is 0. The molecular weight excluding hydrogens is 324 g/mol. The standard InChI is InChI=1S/C22H28N2O2/c1-11(25)15-9-13-17(21(3,4)5)20-14(10-16(24-20)12(2)26)18(19(13)23-15)22(6,7)8/h9-10H2,1-8H3. The monoisotopic (exact) mass is 352 g/mol. The SMILES string of the molecule is CC(=O)C1=Nc2c(c(C(C)(C)C)c3c(c2C(C)(C)C)CC(C(C)=O)=N3)C1. The topological polar surface area (TPSA) is 58.9 Å². The van der Waals surface area contributed by atoms with Crippen LogP contribution in [0.15, 0.2) is 9.98 Å². The molecule has 138 valence electrons. The summed E-state index contributed by atoms with van der Waals surface area (Å²) >= 11 is 0. The minimum Gasteiger partial charge on any atom is -0.293 e. The predicted molar refractivity (Wildman–Crippen MR) is 107 cm³/mol. The molecule has 0 spiro atoms. The Hall–Kier alpha value is -2.10. The number of nitrogens with zero attached hydrogens (tertiary/aromatic N) is 2. The highest BCUT2D eigenvalue weighted by molar-refractivity contribution is 6.42. The van der Waals surface area contributed by atoms with E-state index in [0.29, 0.717) is 24.3 Å².